The zero-order chi connectivity index (χ0) is 9.85. The predicted octanol–water partition coefficient (Wildman–Crippen LogP) is 0.543. The molecule has 1 heterocycles. The molecule has 2 rings (SSSR count). The quantitative estimate of drug-likeness (QED) is 0.580. The lowest BCUT2D eigenvalue weighted by atomic mass is 9.81. The topological polar surface area (TPSA) is 49.7 Å². The van der Waals surface area contributed by atoms with Crippen molar-refractivity contribution in [2.24, 2.45) is 11.8 Å². The Kier molecular flexibility index (Phi) is 1.79. The molecule has 3 nitrogen and oxygen atoms in total. The van der Waals surface area contributed by atoms with Crippen LogP contribution in [0.2, 0.25) is 0 Å². The lowest BCUT2D eigenvalue weighted by Crippen LogP contribution is -2.52. The van der Waals surface area contributed by atoms with Gasteiger partial charge in [0.2, 0.25) is 0 Å². The first-order valence-corrected chi connectivity index (χ1v) is 4.98. The smallest absolute Gasteiger partial charge is 0.120 e. The van der Waals surface area contributed by atoms with Gasteiger partial charge in [-0.25, -0.2) is 0 Å². The van der Waals surface area contributed by atoms with Crippen molar-refractivity contribution in [3.63, 3.8) is 0 Å². The van der Waals surface area contributed by atoms with Crippen LogP contribution in [0.15, 0.2) is 0 Å². The van der Waals surface area contributed by atoms with Crippen molar-refractivity contribution in [2.45, 2.75) is 44.5 Å². The van der Waals surface area contributed by atoms with Gasteiger partial charge in [-0.3, -0.25) is 0 Å². The van der Waals surface area contributed by atoms with Gasteiger partial charge in [0, 0.05) is 6.42 Å². The summed E-state index contributed by atoms with van der Waals surface area (Å²) in [5.41, 5.74) is -1.57. The van der Waals surface area contributed by atoms with Crippen molar-refractivity contribution in [3.05, 3.63) is 0 Å². The minimum absolute atomic E-state index is 0.106. The van der Waals surface area contributed by atoms with Crippen LogP contribution in [0.3, 0.4) is 0 Å². The number of rotatable bonds is 0. The molecule has 5 atom stereocenters. The highest BCUT2D eigenvalue weighted by Gasteiger charge is 2.67. The van der Waals surface area contributed by atoms with E-state index in [0.29, 0.717) is 13.0 Å². The fraction of sp³-hybridized carbons (Fsp3) is 1.00. The summed E-state index contributed by atoms with van der Waals surface area (Å²) >= 11 is 0. The standard InChI is InChI=1S/C10H18O3/c1-6-7(2)10(12)4-5-13-9(10,3)8(6)11/h6-8,11-12H,4-5H2,1-3H3/t6-,7+,8-,9-,10-/m0/s1. The minimum atomic E-state index is -0.828. The van der Waals surface area contributed by atoms with Gasteiger partial charge in [0.25, 0.3) is 0 Å². The molecule has 2 aliphatic rings. The van der Waals surface area contributed by atoms with Gasteiger partial charge in [-0.2, -0.15) is 0 Å². The Morgan fingerprint density at radius 1 is 1.38 bits per heavy atom. The maximum absolute atomic E-state index is 10.4. The van der Waals surface area contributed by atoms with Gasteiger partial charge in [0.05, 0.1) is 12.7 Å². The maximum atomic E-state index is 10.4. The summed E-state index contributed by atoms with van der Waals surface area (Å²) in [4.78, 5) is 0. The molecule has 1 saturated heterocycles. The Morgan fingerprint density at radius 2 is 2.00 bits per heavy atom. The highest BCUT2D eigenvalue weighted by atomic mass is 16.5. The molecule has 1 saturated carbocycles. The SMILES string of the molecule is C[C@H]1[C@@H](C)[C@@]2(O)CCO[C@@]2(C)[C@H]1O. The van der Waals surface area contributed by atoms with Gasteiger partial charge in [0.1, 0.15) is 11.2 Å². The average Bonchev–Trinajstić information content (AvgIpc) is 2.46. The summed E-state index contributed by atoms with van der Waals surface area (Å²) in [6, 6.07) is 0. The third kappa shape index (κ3) is 0.853. The zero-order valence-corrected chi connectivity index (χ0v) is 8.45. The predicted molar refractivity (Wildman–Crippen MR) is 48.3 cm³/mol. The molecular weight excluding hydrogens is 168 g/mol. The van der Waals surface area contributed by atoms with Gasteiger partial charge < -0.3 is 14.9 Å². The van der Waals surface area contributed by atoms with Crippen LogP contribution in [-0.4, -0.2) is 34.1 Å². The van der Waals surface area contributed by atoms with E-state index in [-0.39, 0.29) is 11.8 Å². The van der Waals surface area contributed by atoms with E-state index in [1.807, 2.05) is 20.8 Å². The molecule has 76 valence electrons. The first kappa shape index (κ1) is 9.44. The van der Waals surface area contributed by atoms with E-state index < -0.39 is 17.3 Å². The van der Waals surface area contributed by atoms with Crippen molar-refractivity contribution in [2.75, 3.05) is 6.61 Å². The molecule has 3 heteroatoms. The Bertz CT molecular complexity index is 208. The van der Waals surface area contributed by atoms with E-state index in [9.17, 15) is 10.2 Å². The highest BCUT2D eigenvalue weighted by Crippen LogP contribution is 2.54. The third-order valence-electron chi connectivity index (χ3n) is 4.35. The summed E-state index contributed by atoms with van der Waals surface area (Å²) in [7, 11) is 0. The van der Waals surface area contributed by atoms with Crippen molar-refractivity contribution >= 4 is 0 Å². The third-order valence-corrected chi connectivity index (χ3v) is 4.35. The fourth-order valence-electron chi connectivity index (χ4n) is 3.02. The number of aliphatic hydroxyl groups is 2. The molecule has 13 heavy (non-hydrogen) atoms. The van der Waals surface area contributed by atoms with Gasteiger partial charge in [-0.15, -0.1) is 0 Å². The summed E-state index contributed by atoms with van der Waals surface area (Å²) in [5, 5.41) is 20.4. The minimum Gasteiger partial charge on any atom is -0.390 e. The largest absolute Gasteiger partial charge is 0.390 e. The first-order chi connectivity index (χ1) is 5.93. The number of aliphatic hydroxyl groups excluding tert-OH is 1. The van der Waals surface area contributed by atoms with Crippen molar-refractivity contribution in [1.82, 2.24) is 0 Å². The van der Waals surface area contributed by atoms with Crippen LogP contribution >= 0.6 is 0 Å². The van der Waals surface area contributed by atoms with Crippen LogP contribution in [0.25, 0.3) is 0 Å². The molecule has 1 aliphatic heterocycles. The molecule has 0 radical (unpaired) electrons. The summed E-state index contributed by atoms with van der Waals surface area (Å²) in [6.07, 6.45) is 0.0986. The Balaban J connectivity index is 2.42. The lowest BCUT2D eigenvalue weighted by molar-refractivity contribution is -0.142. The molecule has 2 fully saturated rings. The Morgan fingerprint density at radius 3 is 2.54 bits per heavy atom. The second kappa shape index (κ2) is 2.47. The van der Waals surface area contributed by atoms with Crippen molar-refractivity contribution < 1.29 is 14.9 Å². The summed E-state index contributed by atoms with van der Waals surface area (Å²) in [5.74, 6) is 0.213. The lowest BCUT2D eigenvalue weighted by Gasteiger charge is -2.35. The monoisotopic (exact) mass is 186 g/mol. The molecule has 0 bridgehead atoms. The van der Waals surface area contributed by atoms with Crippen LogP contribution in [0.5, 0.6) is 0 Å². The Hall–Kier alpha value is -0.120. The van der Waals surface area contributed by atoms with E-state index >= 15 is 0 Å². The Labute approximate surface area is 78.7 Å². The normalized spacial score (nSPS) is 61.2. The van der Waals surface area contributed by atoms with Gasteiger partial charge in [-0.05, 0) is 18.8 Å². The van der Waals surface area contributed by atoms with E-state index in [4.69, 9.17) is 4.74 Å². The van der Waals surface area contributed by atoms with Gasteiger partial charge in [0.15, 0.2) is 0 Å². The van der Waals surface area contributed by atoms with E-state index in [1.165, 1.54) is 0 Å². The molecule has 1 aliphatic carbocycles. The number of hydrogen-bond donors (Lipinski definition) is 2. The molecule has 0 unspecified atom stereocenters. The van der Waals surface area contributed by atoms with Crippen LogP contribution in [0.4, 0.5) is 0 Å². The molecule has 0 aromatic carbocycles. The number of fused-ring (bicyclic) bond motifs is 1. The maximum Gasteiger partial charge on any atom is 0.120 e. The number of hydrogen-bond acceptors (Lipinski definition) is 3. The van der Waals surface area contributed by atoms with Crippen LogP contribution < -0.4 is 0 Å². The average molecular weight is 186 g/mol. The van der Waals surface area contributed by atoms with Crippen molar-refractivity contribution in [1.29, 1.82) is 0 Å². The van der Waals surface area contributed by atoms with E-state index in [1.54, 1.807) is 0 Å². The number of ether oxygens (including phenoxy) is 1. The van der Waals surface area contributed by atoms with E-state index in [2.05, 4.69) is 0 Å². The molecule has 2 N–H and O–H groups in total. The second-order valence-electron chi connectivity index (χ2n) is 4.72. The second-order valence-corrected chi connectivity index (χ2v) is 4.72. The van der Waals surface area contributed by atoms with E-state index in [0.717, 1.165) is 0 Å². The fourth-order valence-corrected chi connectivity index (χ4v) is 3.02. The molecule has 0 amide bonds. The van der Waals surface area contributed by atoms with Crippen LogP contribution in [0.1, 0.15) is 27.2 Å². The van der Waals surface area contributed by atoms with Gasteiger partial charge in [-0.1, -0.05) is 13.8 Å². The summed E-state index contributed by atoms with van der Waals surface area (Å²) in [6.45, 7) is 6.35. The highest BCUT2D eigenvalue weighted by molar-refractivity contribution is 5.17. The van der Waals surface area contributed by atoms with Crippen LogP contribution in [0, 0.1) is 11.8 Å². The molecular formula is C10H18O3. The molecule has 0 aromatic heterocycles. The zero-order valence-electron chi connectivity index (χ0n) is 8.45. The molecule has 0 aromatic rings. The van der Waals surface area contributed by atoms with Crippen LogP contribution in [-0.2, 0) is 4.74 Å². The first-order valence-electron chi connectivity index (χ1n) is 4.98. The van der Waals surface area contributed by atoms with Crippen molar-refractivity contribution in [3.8, 4) is 0 Å². The van der Waals surface area contributed by atoms with Gasteiger partial charge >= 0.3 is 0 Å². The summed E-state index contributed by atoms with van der Waals surface area (Å²) < 4.78 is 5.52. The molecule has 0 spiro atoms.